The Morgan fingerprint density at radius 2 is 1.70 bits per heavy atom. The number of benzene rings is 1. The highest BCUT2D eigenvalue weighted by Crippen LogP contribution is 2.46. The van der Waals surface area contributed by atoms with Crippen molar-refractivity contribution in [2.75, 3.05) is 20.7 Å². The molecule has 0 fully saturated rings. The zero-order chi connectivity index (χ0) is 19.9. The number of carbonyl (C=O) groups excluding carboxylic acids is 1. The number of allylic oxidation sites excluding steroid dienone is 1. The molecule has 2 N–H and O–H groups in total. The van der Waals surface area contributed by atoms with E-state index in [0.29, 0.717) is 0 Å². The number of quaternary nitrogens is 1. The van der Waals surface area contributed by atoms with Crippen LogP contribution in [0.3, 0.4) is 0 Å². The number of nitrogens with zero attached hydrogens (tertiary/aromatic N) is 1. The minimum absolute atomic E-state index is 0.279. The Hall–Kier alpha value is -1.81. The van der Waals surface area contributed by atoms with Gasteiger partial charge in [0.2, 0.25) is 5.91 Å². The maximum Gasteiger partial charge on any atom is 0.222 e. The highest BCUT2D eigenvalue weighted by atomic mass is 16.5. The Morgan fingerprint density at radius 1 is 1.07 bits per heavy atom. The molecule has 1 amide bonds. The zero-order valence-electron chi connectivity index (χ0n) is 17.6. The first-order chi connectivity index (χ1) is 12.9. The number of hydrogen-bond acceptors (Lipinski definition) is 2. The molecule has 1 unspecified atom stereocenters. The van der Waals surface area contributed by atoms with Crippen LogP contribution in [0.5, 0.6) is 5.75 Å². The van der Waals surface area contributed by atoms with Gasteiger partial charge in [-0.2, -0.15) is 0 Å². The normalized spacial score (nSPS) is 18.7. The van der Waals surface area contributed by atoms with E-state index in [1.165, 1.54) is 62.8 Å². The quantitative estimate of drug-likeness (QED) is 0.394. The summed E-state index contributed by atoms with van der Waals surface area (Å²) in [5, 5.41) is 0. The third-order valence-corrected chi connectivity index (χ3v) is 6.05. The van der Waals surface area contributed by atoms with E-state index >= 15 is 0 Å². The number of hydrogen-bond donors (Lipinski definition) is 1. The zero-order valence-corrected chi connectivity index (χ0v) is 17.6. The van der Waals surface area contributed by atoms with Crippen LogP contribution < -0.4 is 15.0 Å². The number of fused-ring (bicyclic) bond motifs is 1. The van der Waals surface area contributed by atoms with Crippen LogP contribution in [0.25, 0.3) is 5.57 Å². The lowest BCUT2D eigenvalue weighted by molar-refractivity contribution is -0.117. The van der Waals surface area contributed by atoms with Crippen LogP contribution in [0.4, 0.5) is 5.69 Å². The molecule has 1 aliphatic heterocycles. The average molecular weight is 374 g/mol. The standard InChI is InChI=1S/C23H36N2O2/c1-5-6-7-8-9-10-11-12-15-25(3)18(2)20(17-23(24)26)21-16-19(27-4)13-14-22(21)25/h13-14,16H,5-12,15,17H2,1-4H3,(H-,24,26)/p+1. The second-order valence-electron chi connectivity index (χ2n) is 7.98. The molecule has 0 saturated carbocycles. The second-order valence-corrected chi connectivity index (χ2v) is 7.98. The molecule has 1 heterocycles. The largest absolute Gasteiger partial charge is 0.497 e. The topological polar surface area (TPSA) is 52.3 Å². The summed E-state index contributed by atoms with van der Waals surface area (Å²) in [6, 6.07) is 6.22. The van der Waals surface area contributed by atoms with Gasteiger partial charge >= 0.3 is 0 Å². The van der Waals surface area contributed by atoms with Crippen LogP contribution in [-0.4, -0.2) is 26.6 Å². The summed E-state index contributed by atoms with van der Waals surface area (Å²) in [6.45, 7) is 5.47. The van der Waals surface area contributed by atoms with Gasteiger partial charge in [-0.25, -0.2) is 0 Å². The van der Waals surface area contributed by atoms with Crippen molar-refractivity contribution in [3.8, 4) is 5.75 Å². The molecular formula is C23H37N2O2+. The van der Waals surface area contributed by atoms with E-state index < -0.39 is 0 Å². The molecule has 0 aromatic heterocycles. The molecule has 0 spiro atoms. The monoisotopic (exact) mass is 373 g/mol. The van der Waals surface area contributed by atoms with Crippen molar-refractivity contribution in [2.24, 2.45) is 5.73 Å². The lowest BCUT2D eigenvalue weighted by atomic mass is 10.0. The Balaban J connectivity index is 2.06. The molecule has 1 atom stereocenters. The highest BCUT2D eigenvalue weighted by molar-refractivity contribution is 5.95. The molecule has 1 aromatic carbocycles. The molecule has 0 bridgehead atoms. The first-order valence-electron chi connectivity index (χ1n) is 10.5. The fourth-order valence-electron chi connectivity index (χ4n) is 4.24. The Kier molecular flexibility index (Phi) is 7.91. The molecule has 27 heavy (non-hydrogen) atoms. The van der Waals surface area contributed by atoms with E-state index in [1.54, 1.807) is 7.11 Å². The summed E-state index contributed by atoms with van der Waals surface area (Å²) in [6.07, 6.45) is 10.8. The van der Waals surface area contributed by atoms with Crippen molar-refractivity contribution < 1.29 is 9.53 Å². The molecule has 0 saturated heterocycles. The average Bonchev–Trinajstić information content (AvgIpc) is 2.85. The second kappa shape index (κ2) is 9.93. The molecule has 0 radical (unpaired) electrons. The van der Waals surface area contributed by atoms with Gasteiger partial charge in [0.1, 0.15) is 17.1 Å². The highest BCUT2D eigenvalue weighted by Gasteiger charge is 2.40. The van der Waals surface area contributed by atoms with E-state index in [4.69, 9.17) is 10.5 Å². The smallest absolute Gasteiger partial charge is 0.222 e. The fourth-order valence-corrected chi connectivity index (χ4v) is 4.24. The minimum atomic E-state index is -0.279. The predicted molar refractivity (Wildman–Crippen MR) is 115 cm³/mol. The summed E-state index contributed by atoms with van der Waals surface area (Å²) < 4.78 is 6.18. The maximum atomic E-state index is 11.6. The summed E-state index contributed by atoms with van der Waals surface area (Å²) in [5.41, 5.74) is 10.2. The van der Waals surface area contributed by atoms with Gasteiger partial charge < -0.3 is 10.5 Å². The predicted octanol–water partition coefficient (Wildman–Crippen LogP) is 5.39. The van der Waals surface area contributed by atoms with E-state index in [0.717, 1.165) is 27.9 Å². The number of primary amides is 1. The molecule has 2 rings (SSSR count). The van der Waals surface area contributed by atoms with Crippen molar-refractivity contribution in [1.82, 2.24) is 4.48 Å². The number of unbranched alkanes of at least 4 members (excludes halogenated alkanes) is 7. The third-order valence-electron chi connectivity index (χ3n) is 6.05. The number of carbonyl (C=O) groups is 1. The van der Waals surface area contributed by atoms with Crippen molar-refractivity contribution in [1.29, 1.82) is 0 Å². The molecule has 4 heteroatoms. The van der Waals surface area contributed by atoms with E-state index in [2.05, 4.69) is 27.0 Å². The molecular weight excluding hydrogens is 336 g/mol. The van der Waals surface area contributed by atoms with Crippen molar-refractivity contribution in [2.45, 2.75) is 71.6 Å². The van der Waals surface area contributed by atoms with Crippen molar-refractivity contribution in [3.05, 3.63) is 29.5 Å². The summed E-state index contributed by atoms with van der Waals surface area (Å²) in [7, 11) is 3.94. The first kappa shape index (κ1) is 21.5. The molecule has 1 aromatic rings. The lowest BCUT2D eigenvalue weighted by Crippen LogP contribution is -2.42. The van der Waals surface area contributed by atoms with Gasteiger partial charge in [-0.05, 0) is 25.0 Å². The van der Waals surface area contributed by atoms with Crippen LogP contribution in [0, 0.1) is 0 Å². The number of rotatable bonds is 12. The van der Waals surface area contributed by atoms with Crippen molar-refractivity contribution in [3.63, 3.8) is 0 Å². The number of ether oxygens (including phenoxy) is 1. The van der Waals surface area contributed by atoms with E-state index in [-0.39, 0.29) is 12.3 Å². The van der Waals surface area contributed by atoms with Crippen LogP contribution >= 0.6 is 0 Å². The maximum absolute atomic E-state index is 11.6. The Labute approximate surface area is 165 Å². The van der Waals surface area contributed by atoms with Gasteiger partial charge in [-0.3, -0.25) is 9.28 Å². The minimum Gasteiger partial charge on any atom is -0.497 e. The molecule has 150 valence electrons. The van der Waals surface area contributed by atoms with Gasteiger partial charge in [0, 0.05) is 24.1 Å². The van der Waals surface area contributed by atoms with Gasteiger partial charge in [0.25, 0.3) is 0 Å². The number of nitrogens with two attached hydrogens (primary N) is 1. The van der Waals surface area contributed by atoms with Gasteiger partial charge in [0.05, 0.1) is 27.1 Å². The summed E-state index contributed by atoms with van der Waals surface area (Å²) in [5.74, 6) is 0.544. The van der Waals surface area contributed by atoms with Crippen molar-refractivity contribution >= 4 is 17.2 Å². The SMILES string of the molecule is CCCCCCCCCC[N+]1(C)C(C)=C(CC(N)=O)c2cc(OC)ccc21. The van der Waals surface area contributed by atoms with Crippen LogP contribution in [-0.2, 0) is 4.79 Å². The number of amides is 1. The molecule has 1 aliphatic rings. The third kappa shape index (κ3) is 5.13. The first-order valence-corrected chi connectivity index (χ1v) is 10.5. The van der Waals surface area contributed by atoms with Crippen LogP contribution in [0.2, 0.25) is 0 Å². The van der Waals surface area contributed by atoms with Crippen LogP contribution in [0.1, 0.15) is 77.2 Å². The fraction of sp³-hybridized carbons (Fsp3) is 0.609. The molecule has 4 nitrogen and oxygen atoms in total. The summed E-state index contributed by atoms with van der Waals surface area (Å²) >= 11 is 0. The van der Waals surface area contributed by atoms with Gasteiger partial charge in [0.15, 0.2) is 0 Å². The van der Waals surface area contributed by atoms with E-state index in [1.807, 2.05) is 12.1 Å². The van der Waals surface area contributed by atoms with Gasteiger partial charge in [-0.1, -0.05) is 45.4 Å². The van der Waals surface area contributed by atoms with Gasteiger partial charge in [-0.15, -0.1) is 0 Å². The summed E-state index contributed by atoms with van der Waals surface area (Å²) in [4.78, 5) is 11.6. The molecule has 0 aliphatic carbocycles. The van der Waals surface area contributed by atoms with Crippen LogP contribution in [0.15, 0.2) is 23.9 Å². The lowest BCUT2D eigenvalue weighted by Gasteiger charge is -2.31. The Bertz CT molecular complexity index is 681. The van der Waals surface area contributed by atoms with E-state index in [9.17, 15) is 4.79 Å². The Morgan fingerprint density at radius 3 is 2.30 bits per heavy atom. The number of methoxy groups -OCH3 is 1.